The minimum absolute atomic E-state index is 1.40. The number of hydrogen-bond acceptors (Lipinski definition) is 12. The third kappa shape index (κ3) is 4.49. The van der Waals surface area contributed by atoms with Crippen molar-refractivity contribution in [1.29, 1.82) is 0 Å². The minimum atomic E-state index is -3.06. The molecule has 16 heteroatoms. The molecule has 0 fully saturated rings. The third-order valence-electron chi connectivity index (χ3n) is 2.59. The predicted molar refractivity (Wildman–Crippen MR) is 91.7 cm³/mol. The summed E-state index contributed by atoms with van der Waals surface area (Å²) in [5, 5.41) is 0. The van der Waals surface area contributed by atoms with Gasteiger partial charge in [-0.2, -0.15) is 4.52 Å². The van der Waals surface area contributed by atoms with Crippen LogP contribution in [0, 0.1) is 0 Å². The summed E-state index contributed by atoms with van der Waals surface area (Å²) in [6.45, 7) is 0. The van der Waals surface area contributed by atoms with Gasteiger partial charge in [-0.1, -0.05) is 9.21 Å². The van der Waals surface area contributed by atoms with E-state index in [1.807, 2.05) is 0 Å². The fourth-order valence-electron chi connectivity index (χ4n) is 1.65. The predicted octanol–water partition coefficient (Wildman–Crippen LogP) is 3.45. The molecule has 3 atom stereocenters. The molecule has 0 N–H and O–H groups in total. The van der Waals surface area contributed by atoms with E-state index in [1.54, 1.807) is 0 Å². The first-order valence-corrected chi connectivity index (χ1v) is 11.4. The van der Waals surface area contributed by atoms with Gasteiger partial charge in [0.25, 0.3) is 25.3 Å². The van der Waals surface area contributed by atoms with Crippen LogP contribution in [0.4, 0.5) is 0 Å². The van der Waals surface area contributed by atoms with Crippen molar-refractivity contribution in [3.63, 3.8) is 0 Å². The Bertz CT molecular complexity index is 429. The first kappa shape index (κ1) is 23.1. The number of rotatable bonds is 8. The standard InChI is InChI=1S/C8H24N4O8P4/c1-13-10-21(16-4)9-24(19-7,20-8)12(15-3)23(18-6)11(14-2)22(10)17-5/h1-8H3. The Hall–Kier alpha value is 1.08. The third-order valence-corrected chi connectivity index (χ3v) is 11.9. The number of hydrogen-bond donors (Lipinski definition) is 0. The molecule has 0 spiro atoms. The summed E-state index contributed by atoms with van der Waals surface area (Å²) >= 11 is 0. The Morgan fingerprint density at radius 3 is 1.54 bits per heavy atom. The maximum atomic E-state index is 5.58. The summed E-state index contributed by atoms with van der Waals surface area (Å²) in [6.07, 6.45) is 0. The van der Waals surface area contributed by atoms with Gasteiger partial charge in [0.1, 0.15) is 0 Å². The zero-order valence-corrected chi connectivity index (χ0v) is 18.4. The molecule has 24 heavy (non-hydrogen) atoms. The molecule has 0 radical (unpaired) electrons. The zero-order chi connectivity index (χ0) is 18.3. The fraction of sp³-hybridized carbons (Fsp3) is 1.00. The van der Waals surface area contributed by atoms with Crippen molar-refractivity contribution in [3.8, 4) is 0 Å². The lowest BCUT2D eigenvalue weighted by Crippen LogP contribution is -2.31. The lowest BCUT2D eigenvalue weighted by atomic mass is 11.7. The highest BCUT2D eigenvalue weighted by Crippen LogP contribution is 2.78. The van der Waals surface area contributed by atoms with Crippen LogP contribution in [-0.2, 0) is 37.1 Å². The van der Waals surface area contributed by atoms with Gasteiger partial charge >= 0.3 is 7.66 Å². The highest BCUT2D eigenvalue weighted by Gasteiger charge is 2.51. The van der Waals surface area contributed by atoms with Crippen molar-refractivity contribution < 1.29 is 37.1 Å². The van der Waals surface area contributed by atoms with Crippen molar-refractivity contribution >= 4 is 33.0 Å². The fourth-order valence-corrected chi connectivity index (χ4v) is 11.4. The van der Waals surface area contributed by atoms with Gasteiger partial charge in [-0.25, -0.2) is 0 Å². The molecule has 0 saturated heterocycles. The first-order valence-electron chi connectivity index (χ1n) is 6.33. The normalized spacial score (nSPS) is 29.9. The Balaban J connectivity index is 3.63. The topological polar surface area (TPSA) is 95.9 Å². The highest BCUT2D eigenvalue weighted by atomic mass is 31.3. The van der Waals surface area contributed by atoms with Crippen LogP contribution in [0.1, 0.15) is 0 Å². The van der Waals surface area contributed by atoms with Crippen molar-refractivity contribution in [2.45, 2.75) is 0 Å². The molecule has 144 valence electrons. The molecule has 0 bridgehead atoms. The molecule has 1 heterocycles. The van der Waals surface area contributed by atoms with Crippen molar-refractivity contribution in [2.24, 2.45) is 4.52 Å². The van der Waals surface area contributed by atoms with E-state index in [9.17, 15) is 0 Å². The van der Waals surface area contributed by atoms with Crippen LogP contribution >= 0.6 is 33.0 Å². The Labute approximate surface area is 146 Å². The van der Waals surface area contributed by atoms with Crippen molar-refractivity contribution in [2.75, 3.05) is 56.9 Å². The molecule has 1 rings (SSSR count). The van der Waals surface area contributed by atoms with E-state index in [0.29, 0.717) is 0 Å². The SMILES string of the molecule is CON1P(OC)N=P(OC)(OC)N(OC)P(OC)N(OC)P1OC. The van der Waals surface area contributed by atoms with E-state index in [-0.39, 0.29) is 0 Å². The van der Waals surface area contributed by atoms with E-state index >= 15 is 0 Å². The smallest absolute Gasteiger partial charge is 0.327 e. The van der Waals surface area contributed by atoms with Crippen LogP contribution in [0.2, 0.25) is 0 Å². The molecule has 0 amide bonds. The second-order valence-electron chi connectivity index (χ2n) is 3.56. The van der Waals surface area contributed by atoms with Gasteiger partial charge in [0.2, 0.25) is 0 Å². The Kier molecular flexibility index (Phi) is 10.6. The van der Waals surface area contributed by atoms with E-state index in [4.69, 9.17) is 37.1 Å². The maximum Gasteiger partial charge on any atom is 0.327 e. The summed E-state index contributed by atoms with van der Waals surface area (Å²) in [5.74, 6) is 0. The summed E-state index contributed by atoms with van der Waals surface area (Å²) in [5.41, 5.74) is 0. The van der Waals surface area contributed by atoms with E-state index < -0.39 is 33.0 Å². The van der Waals surface area contributed by atoms with Gasteiger partial charge in [0.05, 0.1) is 21.3 Å². The quantitative estimate of drug-likeness (QED) is 0.532. The average Bonchev–Trinajstić information content (AvgIpc) is 2.62. The molecule has 12 nitrogen and oxygen atoms in total. The Morgan fingerprint density at radius 1 is 0.667 bits per heavy atom. The van der Waals surface area contributed by atoms with Crippen molar-refractivity contribution in [1.82, 2.24) is 13.8 Å². The summed E-state index contributed by atoms with van der Waals surface area (Å²) in [7, 11) is 3.89. The molecule has 0 aliphatic carbocycles. The minimum Gasteiger partial charge on any atom is -0.331 e. The molecular weight excluding hydrogens is 404 g/mol. The van der Waals surface area contributed by atoms with Gasteiger partial charge < -0.3 is 22.6 Å². The Morgan fingerprint density at radius 2 is 1.21 bits per heavy atom. The second kappa shape index (κ2) is 11.0. The van der Waals surface area contributed by atoms with Gasteiger partial charge in [0.15, 0.2) is 0 Å². The largest absolute Gasteiger partial charge is 0.331 e. The molecular formula is C8H24N4O8P4. The van der Waals surface area contributed by atoms with Gasteiger partial charge in [-0.15, -0.1) is 0 Å². The molecule has 0 aromatic carbocycles. The molecule has 0 aromatic heterocycles. The van der Waals surface area contributed by atoms with Crippen LogP contribution in [0.25, 0.3) is 0 Å². The van der Waals surface area contributed by atoms with E-state index in [0.717, 1.165) is 0 Å². The first-order chi connectivity index (χ1) is 11.5. The average molecular weight is 428 g/mol. The summed E-state index contributed by atoms with van der Waals surface area (Å²) in [4.78, 5) is 16.4. The maximum absolute atomic E-state index is 5.58. The summed E-state index contributed by atoms with van der Waals surface area (Å²) in [6, 6.07) is 0. The molecule has 1 aliphatic rings. The van der Waals surface area contributed by atoms with Crippen molar-refractivity contribution in [3.05, 3.63) is 0 Å². The van der Waals surface area contributed by atoms with Crippen LogP contribution in [0.3, 0.4) is 0 Å². The van der Waals surface area contributed by atoms with Crippen LogP contribution in [-0.4, -0.2) is 70.7 Å². The molecule has 0 aromatic rings. The molecule has 3 unspecified atom stereocenters. The monoisotopic (exact) mass is 428 g/mol. The van der Waals surface area contributed by atoms with Crippen LogP contribution in [0.5, 0.6) is 0 Å². The highest BCUT2D eigenvalue weighted by molar-refractivity contribution is 7.78. The van der Waals surface area contributed by atoms with E-state index in [2.05, 4.69) is 4.52 Å². The van der Waals surface area contributed by atoms with Gasteiger partial charge in [-0.3, -0.25) is 14.5 Å². The molecule has 0 saturated carbocycles. The zero-order valence-electron chi connectivity index (χ0n) is 14.8. The second-order valence-corrected chi connectivity index (χ2v) is 11.7. The van der Waals surface area contributed by atoms with Gasteiger partial charge in [-0.05, 0) is 4.60 Å². The summed E-state index contributed by atoms with van der Waals surface area (Å²) < 4.78 is 36.7. The lowest BCUT2D eigenvalue weighted by Gasteiger charge is -2.44. The van der Waals surface area contributed by atoms with Gasteiger partial charge in [0, 0.05) is 35.5 Å². The molecule has 1 aliphatic heterocycles. The van der Waals surface area contributed by atoms with Crippen LogP contribution in [0.15, 0.2) is 4.52 Å². The van der Waals surface area contributed by atoms with Crippen LogP contribution < -0.4 is 0 Å². The lowest BCUT2D eigenvalue weighted by molar-refractivity contribution is -0.0570. The van der Waals surface area contributed by atoms with E-state index in [1.165, 1.54) is 70.7 Å². The number of nitrogens with zero attached hydrogens (tertiary/aromatic N) is 4.